The highest BCUT2D eigenvalue weighted by molar-refractivity contribution is 7.15. The molecule has 0 bridgehead atoms. The molecule has 24 heavy (non-hydrogen) atoms. The van der Waals surface area contributed by atoms with Crippen LogP contribution in [-0.2, 0) is 17.8 Å². The van der Waals surface area contributed by atoms with Crippen molar-refractivity contribution in [2.75, 3.05) is 19.4 Å². The Kier molecular flexibility index (Phi) is 6.20. The number of thiazole rings is 1. The van der Waals surface area contributed by atoms with Crippen LogP contribution in [0.25, 0.3) is 0 Å². The van der Waals surface area contributed by atoms with E-state index >= 15 is 0 Å². The predicted molar refractivity (Wildman–Crippen MR) is 98.2 cm³/mol. The fourth-order valence-electron chi connectivity index (χ4n) is 2.26. The van der Waals surface area contributed by atoms with Crippen LogP contribution in [0, 0.1) is 12.8 Å². The molecule has 0 aliphatic heterocycles. The second kappa shape index (κ2) is 8.15. The summed E-state index contributed by atoms with van der Waals surface area (Å²) >= 11 is 1.38. The van der Waals surface area contributed by atoms with Gasteiger partial charge in [0.25, 0.3) is 0 Å². The van der Waals surface area contributed by atoms with Gasteiger partial charge in [-0.25, -0.2) is 4.98 Å². The molecule has 1 amide bonds. The fraction of sp³-hybridized carbons (Fsp3) is 0.444. The summed E-state index contributed by atoms with van der Waals surface area (Å²) in [5.41, 5.74) is 7.54. The normalized spacial score (nSPS) is 10.9. The van der Waals surface area contributed by atoms with Gasteiger partial charge in [0, 0.05) is 24.0 Å². The Balaban J connectivity index is 2.02. The quantitative estimate of drug-likeness (QED) is 0.834. The standard InChI is InChI=1S/C18H25N3O2S/c1-12(2)11-23-15-8-6-5-7-14(15)10-21(4)17(22)9-16-13(3)20-18(19)24-16/h5-8,12H,9-11H2,1-4H3,(H2,19,20). The van der Waals surface area contributed by atoms with E-state index in [4.69, 9.17) is 10.5 Å². The van der Waals surface area contributed by atoms with Crippen LogP contribution in [0.4, 0.5) is 5.13 Å². The largest absolute Gasteiger partial charge is 0.493 e. The van der Waals surface area contributed by atoms with E-state index in [1.54, 1.807) is 11.9 Å². The highest BCUT2D eigenvalue weighted by Crippen LogP contribution is 2.23. The van der Waals surface area contributed by atoms with Crippen molar-refractivity contribution in [2.24, 2.45) is 5.92 Å². The van der Waals surface area contributed by atoms with Gasteiger partial charge >= 0.3 is 0 Å². The van der Waals surface area contributed by atoms with E-state index in [0.717, 1.165) is 21.9 Å². The molecule has 0 aliphatic rings. The Bertz CT molecular complexity index is 697. The molecule has 0 spiro atoms. The molecule has 1 heterocycles. The van der Waals surface area contributed by atoms with Crippen molar-refractivity contribution < 1.29 is 9.53 Å². The lowest BCUT2D eigenvalue weighted by atomic mass is 10.1. The lowest BCUT2D eigenvalue weighted by Gasteiger charge is -2.20. The summed E-state index contributed by atoms with van der Waals surface area (Å²) in [7, 11) is 1.81. The zero-order chi connectivity index (χ0) is 17.7. The maximum Gasteiger partial charge on any atom is 0.227 e. The van der Waals surface area contributed by atoms with E-state index < -0.39 is 0 Å². The average Bonchev–Trinajstić information content (AvgIpc) is 2.83. The molecule has 2 rings (SSSR count). The molecule has 0 atom stereocenters. The van der Waals surface area contributed by atoms with Gasteiger partial charge in [-0.05, 0) is 18.9 Å². The minimum Gasteiger partial charge on any atom is -0.493 e. The number of rotatable bonds is 7. The van der Waals surface area contributed by atoms with Gasteiger partial charge in [-0.1, -0.05) is 32.0 Å². The lowest BCUT2D eigenvalue weighted by molar-refractivity contribution is -0.129. The molecule has 130 valence electrons. The molecule has 0 saturated carbocycles. The summed E-state index contributed by atoms with van der Waals surface area (Å²) in [5.74, 6) is 1.33. The molecule has 0 aliphatic carbocycles. The average molecular weight is 347 g/mol. The number of benzene rings is 1. The highest BCUT2D eigenvalue weighted by Gasteiger charge is 2.16. The first-order valence-electron chi connectivity index (χ1n) is 8.03. The van der Waals surface area contributed by atoms with Crippen LogP contribution in [0.1, 0.15) is 30.0 Å². The van der Waals surface area contributed by atoms with Crippen molar-refractivity contribution in [1.82, 2.24) is 9.88 Å². The number of aryl methyl sites for hydroxylation is 1. The van der Waals surface area contributed by atoms with Crippen LogP contribution in [-0.4, -0.2) is 29.4 Å². The minimum absolute atomic E-state index is 0.0420. The molecule has 5 nitrogen and oxygen atoms in total. The van der Waals surface area contributed by atoms with Crippen LogP contribution in [0.3, 0.4) is 0 Å². The molecule has 0 saturated heterocycles. The van der Waals surface area contributed by atoms with Crippen LogP contribution in [0.2, 0.25) is 0 Å². The molecule has 2 N–H and O–H groups in total. The third kappa shape index (κ3) is 4.96. The smallest absolute Gasteiger partial charge is 0.227 e. The predicted octanol–water partition coefficient (Wildman–Crippen LogP) is 3.27. The third-order valence-corrected chi connectivity index (χ3v) is 4.59. The summed E-state index contributed by atoms with van der Waals surface area (Å²) in [6, 6.07) is 7.85. The molecule has 0 radical (unpaired) electrons. The van der Waals surface area contributed by atoms with Crippen molar-refractivity contribution in [2.45, 2.75) is 33.7 Å². The van der Waals surface area contributed by atoms with Crippen LogP contribution < -0.4 is 10.5 Å². The van der Waals surface area contributed by atoms with E-state index in [1.807, 2.05) is 31.2 Å². The van der Waals surface area contributed by atoms with Crippen LogP contribution >= 0.6 is 11.3 Å². The summed E-state index contributed by atoms with van der Waals surface area (Å²) < 4.78 is 5.86. The van der Waals surface area contributed by atoms with Gasteiger partial charge in [-0.2, -0.15) is 0 Å². The first-order chi connectivity index (χ1) is 11.4. The Hall–Kier alpha value is -2.08. The van der Waals surface area contributed by atoms with Crippen molar-refractivity contribution in [3.63, 3.8) is 0 Å². The number of amides is 1. The number of nitrogens with zero attached hydrogens (tertiary/aromatic N) is 2. The van der Waals surface area contributed by atoms with Gasteiger partial charge in [0.15, 0.2) is 5.13 Å². The number of para-hydroxylation sites is 1. The number of nitrogens with two attached hydrogens (primary N) is 1. The zero-order valence-electron chi connectivity index (χ0n) is 14.7. The van der Waals surface area contributed by atoms with Gasteiger partial charge in [0.2, 0.25) is 5.91 Å². The minimum atomic E-state index is 0.0420. The van der Waals surface area contributed by atoms with E-state index in [0.29, 0.717) is 30.6 Å². The molecular formula is C18H25N3O2S. The first kappa shape index (κ1) is 18.3. The Morgan fingerprint density at radius 1 is 1.38 bits per heavy atom. The van der Waals surface area contributed by atoms with Crippen LogP contribution in [0.15, 0.2) is 24.3 Å². The molecule has 0 fully saturated rings. The zero-order valence-corrected chi connectivity index (χ0v) is 15.5. The van der Waals surface area contributed by atoms with E-state index in [1.165, 1.54) is 11.3 Å². The summed E-state index contributed by atoms with van der Waals surface area (Å²) in [6.07, 6.45) is 0.326. The van der Waals surface area contributed by atoms with Gasteiger partial charge in [0.1, 0.15) is 5.75 Å². The maximum atomic E-state index is 12.5. The Morgan fingerprint density at radius 2 is 2.08 bits per heavy atom. The topological polar surface area (TPSA) is 68.5 Å². The number of carbonyl (C=O) groups is 1. The number of hydrogen-bond acceptors (Lipinski definition) is 5. The Morgan fingerprint density at radius 3 is 2.71 bits per heavy atom. The number of nitrogen functional groups attached to an aromatic ring is 1. The monoisotopic (exact) mass is 347 g/mol. The van der Waals surface area contributed by atoms with Crippen molar-refractivity contribution in [1.29, 1.82) is 0 Å². The highest BCUT2D eigenvalue weighted by atomic mass is 32.1. The number of ether oxygens (including phenoxy) is 1. The molecular weight excluding hydrogens is 322 g/mol. The molecule has 0 unspecified atom stereocenters. The van der Waals surface area contributed by atoms with Crippen molar-refractivity contribution in [3.8, 4) is 5.75 Å². The third-order valence-electron chi connectivity index (χ3n) is 3.60. The summed E-state index contributed by atoms with van der Waals surface area (Å²) in [4.78, 5) is 19.3. The first-order valence-corrected chi connectivity index (χ1v) is 8.85. The molecule has 1 aromatic carbocycles. The lowest BCUT2D eigenvalue weighted by Crippen LogP contribution is -2.28. The number of aromatic nitrogens is 1. The summed E-state index contributed by atoms with van der Waals surface area (Å²) in [6.45, 7) is 7.28. The number of likely N-dealkylation sites (N-methyl/N-ethyl adjacent to an activating group) is 1. The second-order valence-corrected chi connectivity index (χ2v) is 7.42. The van der Waals surface area contributed by atoms with Crippen LogP contribution in [0.5, 0.6) is 5.75 Å². The SMILES string of the molecule is Cc1nc(N)sc1CC(=O)N(C)Cc1ccccc1OCC(C)C. The van der Waals surface area contributed by atoms with Gasteiger partial charge < -0.3 is 15.4 Å². The fourth-order valence-corrected chi connectivity index (χ4v) is 3.09. The van der Waals surface area contributed by atoms with Crippen molar-refractivity contribution >= 4 is 22.4 Å². The molecule has 2 aromatic rings. The number of hydrogen-bond donors (Lipinski definition) is 1. The molecule has 6 heteroatoms. The Labute approximate surface area is 147 Å². The summed E-state index contributed by atoms with van der Waals surface area (Å²) in [5, 5.41) is 0.505. The van der Waals surface area contributed by atoms with E-state index in [2.05, 4.69) is 18.8 Å². The van der Waals surface area contributed by atoms with Crippen molar-refractivity contribution in [3.05, 3.63) is 40.4 Å². The molecule has 1 aromatic heterocycles. The number of carbonyl (C=O) groups excluding carboxylic acids is 1. The van der Waals surface area contributed by atoms with Gasteiger partial charge in [-0.3, -0.25) is 4.79 Å². The maximum absolute atomic E-state index is 12.5. The number of anilines is 1. The van der Waals surface area contributed by atoms with E-state index in [-0.39, 0.29) is 5.91 Å². The van der Waals surface area contributed by atoms with Gasteiger partial charge in [-0.15, -0.1) is 11.3 Å². The van der Waals surface area contributed by atoms with Gasteiger partial charge in [0.05, 0.1) is 18.7 Å². The second-order valence-electron chi connectivity index (χ2n) is 6.30. The van der Waals surface area contributed by atoms with E-state index in [9.17, 15) is 4.79 Å².